The average Bonchev–Trinajstić information content (AvgIpc) is 3.03. The van der Waals surface area contributed by atoms with Gasteiger partial charge in [-0.1, -0.05) is 70.9 Å². The molecule has 2 aromatic carbocycles. The van der Waals surface area contributed by atoms with Crippen LogP contribution in [-0.2, 0) is 9.53 Å². The molecule has 0 amide bonds. The summed E-state index contributed by atoms with van der Waals surface area (Å²) >= 11 is 13.9. The monoisotopic (exact) mass is 458 g/mol. The van der Waals surface area contributed by atoms with Gasteiger partial charge in [0, 0.05) is 10.0 Å². The minimum absolute atomic E-state index is 0.280. The minimum Gasteiger partial charge on any atom is -0.466 e. The van der Waals surface area contributed by atoms with E-state index in [-0.39, 0.29) is 11.1 Å². The molecule has 4 rings (SSSR count). The van der Waals surface area contributed by atoms with E-state index in [1.54, 1.807) is 37.3 Å². The maximum Gasteiger partial charge on any atom is 0.338 e. The van der Waals surface area contributed by atoms with E-state index >= 15 is 0 Å². The van der Waals surface area contributed by atoms with Crippen LogP contribution in [-0.4, -0.2) is 17.6 Å². The molecular weight excluding hydrogens is 443 g/mol. The number of hydrogen-bond donors (Lipinski definition) is 0. The van der Waals surface area contributed by atoms with Crippen LogP contribution in [0.2, 0.25) is 10.0 Å². The average molecular weight is 459 g/mol. The SMILES string of the molecule is COC(=O)C1=C(C)N=c2s/c(=C\c3ccccc3Cl)c(=O)n2[C@H]1c1ccccc1Cl. The zero-order chi connectivity index (χ0) is 21.4. The molecule has 0 fully saturated rings. The Hall–Kier alpha value is -2.67. The third-order valence-corrected chi connectivity index (χ3v) is 6.49. The number of benzene rings is 2. The van der Waals surface area contributed by atoms with E-state index in [2.05, 4.69) is 4.99 Å². The zero-order valence-electron chi connectivity index (χ0n) is 16.1. The first-order chi connectivity index (χ1) is 14.4. The molecule has 8 heteroatoms. The third kappa shape index (κ3) is 3.51. The molecule has 0 saturated heterocycles. The number of carbonyl (C=O) groups excluding carboxylic acids is 1. The Kier molecular flexibility index (Phi) is 5.64. The lowest BCUT2D eigenvalue weighted by Crippen LogP contribution is -2.39. The molecule has 0 N–H and O–H groups in total. The van der Waals surface area contributed by atoms with Crippen molar-refractivity contribution in [2.45, 2.75) is 13.0 Å². The second-order valence-electron chi connectivity index (χ2n) is 6.62. The molecule has 0 aliphatic carbocycles. The van der Waals surface area contributed by atoms with Crippen LogP contribution in [0, 0.1) is 0 Å². The fourth-order valence-corrected chi connectivity index (χ4v) is 4.88. The largest absolute Gasteiger partial charge is 0.466 e. The number of esters is 1. The maximum atomic E-state index is 13.4. The van der Waals surface area contributed by atoms with E-state index in [1.807, 2.05) is 24.3 Å². The first-order valence-corrected chi connectivity index (χ1v) is 10.6. The molecule has 1 atom stereocenters. The number of thiazole rings is 1. The summed E-state index contributed by atoms with van der Waals surface area (Å²) in [6.45, 7) is 1.72. The number of fused-ring (bicyclic) bond motifs is 1. The van der Waals surface area contributed by atoms with Gasteiger partial charge in [0.15, 0.2) is 4.80 Å². The number of hydrogen-bond acceptors (Lipinski definition) is 5. The number of aromatic nitrogens is 1. The highest BCUT2D eigenvalue weighted by Crippen LogP contribution is 2.34. The Bertz CT molecular complexity index is 1370. The quantitative estimate of drug-likeness (QED) is 0.561. The first kappa shape index (κ1) is 20.6. The number of methoxy groups -OCH3 is 1. The lowest BCUT2D eigenvalue weighted by molar-refractivity contribution is -0.136. The molecule has 3 aromatic rings. The van der Waals surface area contributed by atoms with Crippen LogP contribution in [0.1, 0.15) is 24.1 Å². The van der Waals surface area contributed by atoms with Crippen LogP contribution in [0.25, 0.3) is 6.08 Å². The molecule has 0 bridgehead atoms. The number of nitrogens with zero attached hydrogens (tertiary/aromatic N) is 2. The number of carbonyl (C=O) groups is 1. The number of ether oxygens (including phenoxy) is 1. The smallest absolute Gasteiger partial charge is 0.338 e. The summed E-state index contributed by atoms with van der Waals surface area (Å²) in [5, 5.41) is 0.983. The molecule has 5 nitrogen and oxygen atoms in total. The zero-order valence-corrected chi connectivity index (χ0v) is 18.4. The van der Waals surface area contributed by atoms with E-state index in [1.165, 1.54) is 23.0 Å². The second kappa shape index (κ2) is 8.22. The normalized spacial score (nSPS) is 16.3. The van der Waals surface area contributed by atoms with E-state index in [0.29, 0.717) is 30.6 Å². The number of halogens is 2. The summed E-state index contributed by atoms with van der Waals surface area (Å²) in [5.41, 5.74) is 1.83. The van der Waals surface area contributed by atoms with Crippen LogP contribution in [0.3, 0.4) is 0 Å². The van der Waals surface area contributed by atoms with Crippen LogP contribution in [0.4, 0.5) is 0 Å². The van der Waals surface area contributed by atoms with Gasteiger partial charge in [-0.3, -0.25) is 9.36 Å². The van der Waals surface area contributed by atoms with Gasteiger partial charge in [0.05, 0.1) is 22.9 Å². The van der Waals surface area contributed by atoms with Gasteiger partial charge in [-0.2, -0.15) is 0 Å². The number of rotatable bonds is 3. The fourth-order valence-electron chi connectivity index (χ4n) is 3.42. The minimum atomic E-state index is -0.740. The summed E-state index contributed by atoms with van der Waals surface area (Å²) in [6.07, 6.45) is 1.73. The molecule has 0 spiro atoms. The number of allylic oxidation sites excluding steroid dienone is 1. The van der Waals surface area contributed by atoms with Crippen LogP contribution >= 0.6 is 34.5 Å². The Labute approximate surface area is 186 Å². The van der Waals surface area contributed by atoms with Crippen LogP contribution < -0.4 is 14.9 Å². The standard InChI is InChI=1S/C22H16Cl2N2O3S/c1-12-18(21(28)29-2)19(14-8-4-6-10-16(14)24)26-20(27)17(30-22(26)25-12)11-13-7-3-5-9-15(13)23/h3-11,19H,1-2H3/b17-11-/t19-/m0/s1. The Balaban J connectivity index is 2.03. The van der Waals surface area contributed by atoms with Crippen LogP contribution in [0.5, 0.6) is 0 Å². The van der Waals surface area contributed by atoms with Crippen molar-refractivity contribution in [2.75, 3.05) is 7.11 Å². The second-order valence-corrected chi connectivity index (χ2v) is 8.44. The van der Waals surface area contributed by atoms with Crippen molar-refractivity contribution in [1.29, 1.82) is 0 Å². The van der Waals surface area contributed by atoms with Gasteiger partial charge in [0.2, 0.25) is 0 Å². The molecule has 0 saturated carbocycles. The van der Waals surface area contributed by atoms with Gasteiger partial charge in [0.25, 0.3) is 5.56 Å². The molecule has 30 heavy (non-hydrogen) atoms. The van der Waals surface area contributed by atoms with Gasteiger partial charge >= 0.3 is 5.97 Å². The summed E-state index contributed by atoms with van der Waals surface area (Å²) in [4.78, 5) is 31.0. The lowest BCUT2D eigenvalue weighted by Gasteiger charge is -2.25. The Morgan fingerprint density at radius 1 is 1.13 bits per heavy atom. The van der Waals surface area contributed by atoms with Gasteiger partial charge in [0.1, 0.15) is 6.04 Å². The van der Waals surface area contributed by atoms with Crippen molar-refractivity contribution in [3.05, 3.63) is 101 Å². The van der Waals surface area contributed by atoms with Gasteiger partial charge < -0.3 is 4.74 Å². The predicted molar refractivity (Wildman–Crippen MR) is 119 cm³/mol. The lowest BCUT2D eigenvalue weighted by atomic mass is 9.96. The molecular formula is C22H16Cl2N2O3S. The van der Waals surface area contributed by atoms with Crippen molar-refractivity contribution < 1.29 is 9.53 Å². The Morgan fingerprint density at radius 2 is 1.80 bits per heavy atom. The molecule has 1 aromatic heterocycles. The van der Waals surface area contributed by atoms with E-state index in [0.717, 1.165) is 5.56 Å². The fraction of sp³-hybridized carbons (Fsp3) is 0.136. The summed E-state index contributed by atoms with van der Waals surface area (Å²) in [7, 11) is 1.30. The molecule has 0 radical (unpaired) electrons. The highest BCUT2D eigenvalue weighted by molar-refractivity contribution is 7.07. The highest BCUT2D eigenvalue weighted by atomic mass is 35.5. The van der Waals surface area contributed by atoms with Gasteiger partial charge in [-0.05, 0) is 36.3 Å². The topological polar surface area (TPSA) is 60.7 Å². The molecule has 1 aliphatic rings. The summed E-state index contributed by atoms with van der Waals surface area (Å²) < 4.78 is 6.94. The summed E-state index contributed by atoms with van der Waals surface area (Å²) in [6, 6.07) is 13.6. The third-order valence-electron chi connectivity index (χ3n) is 4.82. The van der Waals surface area contributed by atoms with Crippen molar-refractivity contribution in [3.8, 4) is 0 Å². The predicted octanol–water partition coefficient (Wildman–Crippen LogP) is 3.72. The van der Waals surface area contributed by atoms with Crippen LogP contribution in [0.15, 0.2) is 69.6 Å². The van der Waals surface area contributed by atoms with E-state index < -0.39 is 12.0 Å². The first-order valence-electron chi connectivity index (χ1n) is 9.02. The highest BCUT2D eigenvalue weighted by Gasteiger charge is 2.34. The van der Waals surface area contributed by atoms with E-state index in [4.69, 9.17) is 27.9 Å². The van der Waals surface area contributed by atoms with Gasteiger partial charge in [-0.25, -0.2) is 9.79 Å². The van der Waals surface area contributed by atoms with Crippen molar-refractivity contribution in [1.82, 2.24) is 4.57 Å². The summed E-state index contributed by atoms with van der Waals surface area (Å²) in [5.74, 6) is -0.554. The molecule has 2 heterocycles. The van der Waals surface area contributed by atoms with Crippen molar-refractivity contribution >= 4 is 46.6 Å². The van der Waals surface area contributed by atoms with Crippen molar-refractivity contribution in [3.63, 3.8) is 0 Å². The molecule has 1 aliphatic heterocycles. The maximum absolute atomic E-state index is 13.4. The molecule has 0 unspecified atom stereocenters. The molecule has 152 valence electrons. The van der Waals surface area contributed by atoms with Gasteiger partial charge in [-0.15, -0.1) is 0 Å². The Morgan fingerprint density at radius 3 is 2.47 bits per heavy atom. The van der Waals surface area contributed by atoms with Crippen molar-refractivity contribution in [2.24, 2.45) is 4.99 Å². The van der Waals surface area contributed by atoms with E-state index in [9.17, 15) is 9.59 Å².